The van der Waals surface area contributed by atoms with E-state index in [1.54, 1.807) is 0 Å². The quantitative estimate of drug-likeness (QED) is 0.906. The van der Waals surface area contributed by atoms with Crippen LogP contribution in [0, 0.1) is 11.2 Å². The molecule has 1 aromatic carbocycles. The molecule has 6 heteroatoms. The van der Waals surface area contributed by atoms with E-state index in [2.05, 4.69) is 4.72 Å². The van der Waals surface area contributed by atoms with E-state index in [1.165, 1.54) is 19.2 Å². The van der Waals surface area contributed by atoms with Gasteiger partial charge in [-0.15, -0.1) is 0 Å². The van der Waals surface area contributed by atoms with Crippen molar-refractivity contribution in [2.24, 2.45) is 5.41 Å². The summed E-state index contributed by atoms with van der Waals surface area (Å²) in [5.41, 5.74) is -0.662. The smallest absolute Gasteiger partial charge is 0.241 e. The average molecular weight is 317 g/mol. The molecule has 120 valence electrons. The van der Waals surface area contributed by atoms with Gasteiger partial charge >= 0.3 is 0 Å². The Morgan fingerprint density at radius 3 is 2.19 bits per heavy atom. The minimum Gasteiger partial charge on any atom is -0.494 e. The Morgan fingerprint density at radius 1 is 1.19 bits per heavy atom. The Morgan fingerprint density at radius 2 is 1.76 bits per heavy atom. The summed E-state index contributed by atoms with van der Waals surface area (Å²) in [6, 6.07) is 3.60. The SMILES string of the molecule is COc1ccc(S(=O)(=O)NC(C)(C)CC(C)(C)C)cc1F. The predicted molar refractivity (Wildman–Crippen MR) is 81.4 cm³/mol. The predicted octanol–water partition coefficient (Wildman–Crippen LogP) is 3.33. The fourth-order valence-electron chi connectivity index (χ4n) is 2.60. The molecule has 1 rings (SSSR count). The van der Waals surface area contributed by atoms with Crippen molar-refractivity contribution in [2.45, 2.75) is 51.5 Å². The van der Waals surface area contributed by atoms with Gasteiger partial charge in [0.1, 0.15) is 0 Å². The van der Waals surface area contributed by atoms with Gasteiger partial charge in [0, 0.05) is 5.54 Å². The topological polar surface area (TPSA) is 55.4 Å². The molecule has 0 aliphatic rings. The van der Waals surface area contributed by atoms with Crippen LogP contribution in [0.4, 0.5) is 4.39 Å². The van der Waals surface area contributed by atoms with Crippen molar-refractivity contribution < 1.29 is 17.5 Å². The first kappa shape index (κ1) is 17.9. The normalized spacial score (nSPS) is 13.3. The Hall–Kier alpha value is -1.14. The van der Waals surface area contributed by atoms with Crippen LogP contribution >= 0.6 is 0 Å². The van der Waals surface area contributed by atoms with Crippen LogP contribution in [-0.4, -0.2) is 21.1 Å². The lowest BCUT2D eigenvalue weighted by atomic mass is 9.82. The molecule has 0 aliphatic heterocycles. The summed E-state index contributed by atoms with van der Waals surface area (Å²) in [6.07, 6.45) is 0.651. The van der Waals surface area contributed by atoms with Crippen LogP contribution in [-0.2, 0) is 10.0 Å². The summed E-state index contributed by atoms with van der Waals surface area (Å²) >= 11 is 0. The zero-order valence-corrected chi connectivity index (χ0v) is 14.3. The molecule has 21 heavy (non-hydrogen) atoms. The minimum absolute atomic E-state index is 0.0166. The first-order valence-electron chi connectivity index (χ1n) is 6.74. The van der Waals surface area contributed by atoms with Gasteiger partial charge in [0.2, 0.25) is 10.0 Å². The summed E-state index contributed by atoms with van der Waals surface area (Å²) < 4.78 is 45.8. The molecule has 0 saturated carbocycles. The molecule has 0 aromatic heterocycles. The zero-order valence-electron chi connectivity index (χ0n) is 13.5. The highest BCUT2D eigenvalue weighted by Crippen LogP contribution is 2.28. The third kappa shape index (κ3) is 5.28. The van der Waals surface area contributed by atoms with Crippen molar-refractivity contribution in [1.82, 2.24) is 4.72 Å². The number of benzene rings is 1. The first-order valence-corrected chi connectivity index (χ1v) is 8.22. The number of methoxy groups -OCH3 is 1. The van der Waals surface area contributed by atoms with E-state index in [4.69, 9.17) is 4.74 Å². The molecule has 0 heterocycles. The maximum absolute atomic E-state index is 13.7. The summed E-state index contributed by atoms with van der Waals surface area (Å²) in [7, 11) is -2.45. The van der Waals surface area contributed by atoms with Gasteiger partial charge in [-0.25, -0.2) is 17.5 Å². The summed E-state index contributed by atoms with van der Waals surface area (Å²) in [6.45, 7) is 9.74. The molecule has 0 unspecified atom stereocenters. The molecule has 0 fully saturated rings. The van der Waals surface area contributed by atoms with E-state index in [-0.39, 0.29) is 16.1 Å². The summed E-state index contributed by atoms with van der Waals surface area (Å²) in [4.78, 5) is -0.109. The molecule has 1 aromatic rings. The molecule has 0 bridgehead atoms. The molecule has 0 spiro atoms. The van der Waals surface area contributed by atoms with Crippen LogP contribution in [0.2, 0.25) is 0 Å². The molecule has 4 nitrogen and oxygen atoms in total. The van der Waals surface area contributed by atoms with Crippen LogP contribution in [0.25, 0.3) is 0 Å². The minimum atomic E-state index is -3.78. The number of hydrogen-bond donors (Lipinski definition) is 1. The Labute approximate surface area is 126 Å². The highest BCUT2D eigenvalue weighted by atomic mass is 32.2. The second-order valence-electron chi connectivity index (χ2n) is 7.02. The third-order valence-corrected chi connectivity index (χ3v) is 4.51. The second kappa shape index (κ2) is 5.93. The van der Waals surface area contributed by atoms with E-state index in [9.17, 15) is 12.8 Å². The van der Waals surface area contributed by atoms with Crippen LogP contribution in [0.15, 0.2) is 23.1 Å². The number of sulfonamides is 1. The first-order chi connectivity index (χ1) is 9.36. The lowest BCUT2D eigenvalue weighted by Crippen LogP contribution is -2.45. The number of ether oxygens (including phenoxy) is 1. The Kier molecular flexibility index (Phi) is 5.05. The van der Waals surface area contributed by atoms with Gasteiger partial charge < -0.3 is 4.74 Å². The molecule has 0 atom stereocenters. The van der Waals surface area contributed by atoms with E-state index >= 15 is 0 Å². The third-order valence-electron chi connectivity index (χ3n) is 2.82. The monoisotopic (exact) mass is 317 g/mol. The lowest BCUT2D eigenvalue weighted by molar-refractivity contribution is 0.269. The standard InChI is InChI=1S/C15H24FNO3S/c1-14(2,3)10-15(4,5)17-21(18,19)11-7-8-13(20-6)12(16)9-11/h7-9,17H,10H2,1-6H3. The molecule has 0 amide bonds. The van der Waals surface area contributed by atoms with Crippen molar-refractivity contribution in [3.63, 3.8) is 0 Å². The zero-order chi connectivity index (χ0) is 16.5. The molecule has 0 aliphatic carbocycles. The molecular formula is C15H24FNO3S. The van der Waals surface area contributed by atoms with E-state index in [0.29, 0.717) is 6.42 Å². The van der Waals surface area contributed by atoms with Crippen molar-refractivity contribution >= 4 is 10.0 Å². The van der Waals surface area contributed by atoms with Crippen LogP contribution < -0.4 is 9.46 Å². The summed E-state index contributed by atoms with van der Waals surface area (Å²) in [5.74, 6) is -0.683. The summed E-state index contributed by atoms with van der Waals surface area (Å²) in [5, 5.41) is 0. The second-order valence-corrected chi connectivity index (χ2v) is 8.71. The number of nitrogens with one attached hydrogen (secondary N) is 1. The maximum Gasteiger partial charge on any atom is 0.241 e. The molecule has 0 saturated heterocycles. The van der Waals surface area contributed by atoms with Crippen molar-refractivity contribution in [3.05, 3.63) is 24.0 Å². The van der Waals surface area contributed by atoms with E-state index in [1.807, 2.05) is 34.6 Å². The Balaban J connectivity index is 3.04. The fourth-order valence-corrected chi connectivity index (χ4v) is 4.02. The number of rotatable bonds is 5. The van der Waals surface area contributed by atoms with Gasteiger partial charge in [-0.05, 0) is 43.9 Å². The van der Waals surface area contributed by atoms with Gasteiger partial charge in [0.15, 0.2) is 11.6 Å². The van der Waals surface area contributed by atoms with Crippen LogP contribution in [0.5, 0.6) is 5.75 Å². The van der Waals surface area contributed by atoms with E-state index in [0.717, 1.165) is 6.07 Å². The van der Waals surface area contributed by atoms with Crippen LogP contribution in [0.1, 0.15) is 41.0 Å². The van der Waals surface area contributed by atoms with Gasteiger partial charge in [0.25, 0.3) is 0 Å². The number of halogens is 1. The van der Waals surface area contributed by atoms with Crippen LogP contribution in [0.3, 0.4) is 0 Å². The molecule has 0 radical (unpaired) electrons. The van der Waals surface area contributed by atoms with E-state index < -0.39 is 21.4 Å². The number of hydrogen-bond acceptors (Lipinski definition) is 3. The lowest BCUT2D eigenvalue weighted by Gasteiger charge is -2.33. The average Bonchev–Trinajstić information content (AvgIpc) is 2.23. The maximum atomic E-state index is 13.7. The highest BCUT2D eigenvalue weighted by Gasteiger charge is 2.30. The largest absolute Gasteiger partial charge is 0.494 e. The van der Waals surface area contributed by atoms with Gasteiger partial charge in [-0.1, -0.05) is 20.8 Å². The van der Waals surface area contributed by atoms with Crippen molar-refractivity contribution in [1.29, 1.82) is 0 Å². The van der Waals surface area contributed by atoms with Crippen molar-refractivity contribution in [2.75, 3.05) is 7.11 Å². The Bertz CT molecular complexity index is 604. The fraction of sp³-hybridized carbons (Fsp3) is 0.600. The van der Waals surface area contributed by atoms with Crippen molar-refractivity contribution in [3.8, 4) is 5.75 Å². The van der Waals surface area contributed by atoms with Gasteiger partial charge in [-0.2, -0.15) is 0 Å². The molecular weight excluding hydrogens is 293 g/mol. The van der Waals surface area contributed by atoms with Gasteiger partial charge in [-0.3, -0.25) is 0 Å². The van der Waals surface area contributed by atoms with Gasteiger partial charge in [0.05, 0.1) is 12.0 Å². The highest BCUT2D eigenvalue weighted by molar-refractivity contribution is 7.89. The molecule has 1 N–H and O–H groups in total.